The maximum atomic E-state index is 12.5. The van der Waals surface area contributed by atoms with Crippen LogP contribution in [-0.4, -0.2) is 16.0 Å². The van der Waals surface area contributed by atoms with E-state index >= 15 is 0 Å². The van der Waals surface area contributed by atoms with Crippen LogP contribution in [-0.2, 0) is 4.79 Å². The summed E-state index contributed by atoms with van der Waals surface area (Å²) in [6.07, 6.45) is 0.736. The zero-order chi connectivity index (χ0) is 10.7. The first kappa shape index (κ1) is 10.3. The highest BCUT2D eigenvalue weighted by Gasteiger charge is 2.11. The number of rotatable bonds is 3. The van der Waals surface area contributed by atoms with E-state index in [1.54, 1.807) is 0 Å². The number of thiophene rings is 1. The first-order chi connectivity index (χ1) is 6.50. The molecule has 74 valence electrons. The Kier molecular flexibility index (Phi) is 2.92. The van der Waals surface area contributed by atoms with E-state index in [1.807, 2.05) is 0 Å². The Labute approximate surface area is 81.3 Å². The first-order valence-corrected chi connectivity index (χ1v) is 4.17. The van der Waals surface area contributed by atoms with Gasteiger partial charge in [0.05, 0.1) is 4.92 Å². The number of halogens is 1. The van der Waals surface area contributed by atoms with Crippen LogP contribution >= 0.6 is 11.3 Å². The fourth-order valence-corrected chi connectivity index (χ4v) is 1.46. The van der Waals surface area contributed by atoms with Crippen molar-refractivity contribution in [3.8, 4) is 0 Å². The van der Waals surface area contributed by atoms with E-state index in [0.29, 0.717) is 11.3 Å². The molecule has 0 aliphatic heterocycles. The van der Waals surface area contributed by atoms with Crippen molar-refractivity contribution in [1.29, 1.82) is 0 Å². The highest BCUT2D eigenvalue weighted by molar-refractivity contribution is 7.16. The van der Waals surface area contributed by atoms with E-state index in [-0.39, 0.29) is 9.88 Å². The van der Waals surface area contributed by atoms with Gasteiger partial charge in [0.25, 0.3) is 0 Å². The van der Waals surface area contributed by atoms with E-state index in [4.69, 9.17) is 5.11 Å². The van der Waals surface area contributed by atoms with Crippen molar-refractivity contribution in [2.24, 2.45) is 0 Å². The number of hydrogen-bond acceptors (Lipinski definition) is 4. The van der Waals surface area contributed by atoms with Crippen molar-refractivity contribution >= 4 is 28.4 Å². The predicted octanol–water partition coefficient (Wildman–Crippen LogP) is 2.05. The fourth-order valence-electron chi connectivity index (χ4n) is 0.705. The van der Waals surface area contributed by atoms with Crippen molar-refractivity contribution in [2.75, 3.05) is 0 Å². The largest absolute Gasteiger partial charge is 0.476 e. The van der Waals surface area contributed by atoms with Crippen molar-refractivity contribution in [2.45, 2.75) is 0 Å². The quantitative estimate of drug-likeness (QED) is 0.477. The van der Waals surface area contributed by atoms with Gasteiger partial charge in [0.2, 0.25) is 5.83 Å². The molecule has 0 spiro atoms. The smallest absolute Gasteiger partial charge is 0.364 e. The number of aliphatic carboxylic acids is 1. The summed E-state index contributed by atoms with van der Waals surface area (Å²) in [7, 11) is 0. The van der Waals surface area contributed by atoms with Gasteiger partial charge >= 0.3 is 11.0 Å². The van der Waals surface area contributed by atoms with Gasteiger partial charge in [0.15, 0.2) is 0 Å². The first-order valence-electron chi connectivity index (χ1n) is 3.35. The van der Waals surface area contributed by atoms with Crippen LogP contribution in [0.3, 0.4) is 0 Å². The van der Waals surface area contributed by atoms with Gasteiger partial charge in [-0.15, -0.1) is 0 Å². The third-order valence-corrected chi connectivity index (χ3v) is 2.25. The van der Waals surface area contributed by atoms with Crippen molar-refractivity contribution in [3.05, 3.63) is 33.0 Å². The Balaban J connectivity index is 2.93. The molecule has 1 aromatic heterocycles. The second-order valence-electron chi connectivity index (χ2n) is 2.23. The topological polar surface area (TPSA) is 80.4 Å². The molecule has 0 aliphatic rings. The highest BCUT2D eigenvalue weighted by atomic mass is 32.1. The summed E-state index contributed by atoms with van der Waals surface area (Å²) in [6.45, 7) is 0. The summed E-state index contributed by atoms with van der Waals surface area (Å²) in [5.41, 5.74) is 0. The molecule has 1 aromatic rings. The maximum Gasteiger partial charge on any atom is 0.364 e. The summed E-state index contributed by atoms with van der Waals surface area (Å²) in [6, 6.07) is 2.47. The van der Waals surface area contributed by atoms with Crippen molar-refractivity contribution in [3.63, 3.8) is 0 Å². The minimum Gasteiger partial charge on any atom is -0.476 e. The van der Waals surface area contributed by atoms with E-state index in [2.05, 4.69) is 0 Å². The summed E-state index contributed by atoms with van der Waals surface area (Å²) in [5, 5.41) is 18.2. The van der Waals surface area contributed by atoms with Gasteiger partial charge in [-0.05, 0) is 12.1 Å². The average molecular weight is 217 g/mol. The van der Waals surface area contributed by atoms with E-state index in [0.717, 1.165) is 6.08 Å². The zero-order valence-electron chi connectivity index (χ0n) is 6.64. The number of hydrogen-bond donors (Lipinski definition) is 1. The van der Waals surface area contributed by atoms with Gasteiger partial charge in [-0.1, -0.05) is 11.3 Å². The molecule has 0 aliphatic carbocycles. The Morgan fingerprint density at radius 3 is 2.71 bits per heavy atom. The molecule has 0 radical (unpaired) electrons. The second kappa shape index (κ2) is 3.97. The van der Waals surface area contributed by atoms with E-state index in [9.17, 15) is 19.3 Å². The molecule has 5 nitrogen and oxygen atoms in total. The Bertz CT molecular complexity index is 412. The van der Waals surface area contributed by atoms with Gasteiger partial charge in [-0.2, -0.15) is 4.39 Å². The van der Waals surface area contributed by atoms with Gasteiger partial charge in [-0.3, -0.25) is 10.1 Å². The van der Waals surface area contributed by atoms with Crippen LogP contribution in [0.5, 0.6) is 0 Å². The lowest BCUT2D eigenvalue weighted by Gasteiger charge is -1.85. The lowest BCUT2D eigenvalue weighted by atomic mass is 10.4. The van der Waals surface area contributed by atoms with Crippen LogP contribution < -0.4 is 0 Å². The van der Waals surface area contributed by atoms with Crippen molar-refractivity contribution in [1.82, 2.24) is 0 Å². The number of nitro groups is 1. The molecule has 0 fully saturated rings. The lowest BCUT2D eigenvalue weighted by molar-refractivity contribution is -0.380. The molecule has 0 bridgehead atoms. The van der Waals surface area contributed by atoms with Gasteiger partial charge < -0.3 is 5.11 Å². The monoisotopic (exact) mass is 217 g/mol. The predicted molar refractivity (Wildman–Crippen MR) is 47.7 cm³/mol. The molecule has 1 rings (SSSR count). The summed E-state index contributed by atoms with van der Waals surface area (Å²) >= 11 is 0.708. The summed E-state index contributed by atoms with van der Waals surface area (Å²) in [5.74, 6) is -3.04. The third-order valence-electron chi connectivity index (χ3n) is 1.27. The molecular weight excluding hydrogens is 213 g/mol. The van der Waals surface area contributed by atoms with Crippen LogP contribution in [0.2, 0.25) is 0 Å². The number of nitrogens with zero attached hydrogens (tertiary/aromatic N) is 1. The SMILES string of the molecule is O=C(O)/C(F)=C/c1ccc([N+](=O)[O-])s1. The molecule has 1 heterocycles. The molecule has 0 aromatic carbocycles. The van der Waals surface area contributed by atoms with Crippen LogP contribution in [0.25, 0.3) is 6.08 Å². The number of carboxylic acids is 1. The standard InChI is InChI=1S/C7H4FNO4S/c8-5(7(10)11)3-4-1-2-6(14-4)9(12)13/h1-3H,(H,10,11)/b5-3-. The Hall–Kier alpha value is -1.76. The summed E-state index contributed by atoms with van der Waals surface area (Å²) in [4.78, 5) is 19.9. The maximum absolute atomic E-state index is 12.5. The van der Waals surface area contributed by atoms with Gasteiger partial charge in [0.1, 0.15) is 0 Å². The highest BCUT2D eigenvalue weighted by Crippen LogP contribution is 2.25. The van der Waals surface area contributed by atoms with Gasteiger partial charge in [-0.25, -0.2) is 4.79 Å². The molecule has 0 amide bonds. The molecular formula is C7H4FNO4S. The molecule has 0 atom stereocenters. The third kappa shape index (κ3) is 2.36. The zero-order valence-corrected chi connectivity index (χ0v) is 7.45. The van der Waals surface area contributed by atoms with Crippen LogP contribution in [0.1, 0.15) is 4.88 Å². The number of carboxylic acid groups (broad SMARTS) is 1. The lowest BCUT2D eigenvalue weighted by Crippen LogP contribution is -1.93. The van der Waals surface area contributed by atoms with Crippen LogP contribution in [0, 0.1) is 10.1 Å². The summed E-state index contributed by atoms with van der Waals surface area (Å²) < 4.78 is 12.5. The molecule has 14 heavy (non-hydrogen) atoms. The molecule has 7 heteroatoms. The normalized spacial score (nSPS) is 11.4. The molecule has 0 saturated carbocycles. The van der Waals surface area contributed by atoms with Crippen LogP contribution in [0.4, 0.5) is 9.39 Å². The average Bonchev–Trinajstić information content (AvgIpc) is 2.52. The molecule has 1 N–H and O–H groups in total. The van der Waals surface area contributed by atoms with Crippen molar-refractivity contribution < 1.29 is 19.2 Å². The fraction of sp³-hybridized carbons (Fsp3) is 0. The second-order valence-corrected chi connectivity index (χ2v) is 3.32. The van der Waals surface area contributed by atoms with Gasteiger partial charge in [0, 0.05) is 10.9 Å². The minimum atomic E-state index is -1.69. The molecule has 0 unspecified atom stereocenters. The minimum absolute atomic E-state index is 0.158. The van der Waals surface area contributed by atoms with E-state index in [1.165, 1.54) is 12.1 Å². The Morgan fingerprint density at radius 1 is 1.64 bits per heavy atom. The van der Waals surface area contributed by atoms with Crippen LogP contribution in [0.15, 0.2) is 18.0 Å². The Morgan fingerprint density at radius 2 is 2.29 bits per heavy atom. The number of carbonyl (C=O) groups is 1. The van der Waals surface area contributed by atoms with E-state index < -0.39 is 16.7 Å². The molecule has 0 saturated heterocycles.